The third-order valence-electron chi connectivity index (χ3n) is 4.18. The van der Waals surface area contributed by atoms with Gasteiger partial charge in [-0.1, -0.05) is 0 Å². The van der Waals surface area contributed by atoms with E-state index in [1.807, 2.05) is 0 Å². The lowest BCUT2D eigenvalue weighted by molar-refractivity contribution is -0.141. The van der Waals surface area contributed by atoms with Crippen molar-refractivity contribution >= 4 is 21.7 Å². The summed E-state index contributed by atoms with van der Waals surface area (Å²) >= 11 is 0. The molecule has 7 heteroatoms. The summed E-state index contributed by atoms with van der Waals surface area (Å²) < 4.78 is 23.0. The summed E-state index contributed by atoms with van der Waals surface area (Å²) in [5, 5.41) is 8.77. The lowest BCUT2D eigenvalue weighted by atomic mass is 9.95. The highest BCUT2D eigenvalue weighted by Gasteiger charge is 2.38. The number of carbonyl (C=O) groups is 2. The van der Waals surface area contributed by atoms with E-state index >= 15 is 0 Å². The maximum Gasteiger partial charge on any atom is 0.303 e. The van der Waals surface area contributed by atoms with E-state index < -0.39 is 21.7 Å². The lowest BCUT2D eigenvalue weighted by Gasteiger charge is -2.37. The number of carboxylic acid groups (broad SMARTS) is 1. The van der Waals surface area contributed by atoms with Gasteiger partial charge in [-0.15, -0.1) is 0 Å². The molecule has 1 N–H and O–H groups in total. The third-order valence-corrected chi connectivity index (χ3v) is 5.95. The monoisotopic (exact) mass is 303 g/mol. The Balaban J connectivity index is 2.00. The molecule has 2 heterocycles. The number of hydrogen-bond donors (Lipinski definition) is 1. The van der Waals surface area contributed by atoms with Gasteiger partial charge in [0.25, 0.3) is 0 Å². The molecular formula is C13H21NO5S. The average molecular weight is 303 g/mol. The number of carbonyl (C=O) groups excluding carboxylic acids is 1. The molecular weight excluding hydrogens is 282 g/mol. The number of likely N-dealkylation sites (tertiary alicyclic amines) is 1. The van der Waals surface area contributed by atoms with Crippen LogP contribution in [0.15, 0.2) is 0 Å². The first-order chi connectivity index (χ1) is 9.39. The van der Waals surface area contributed by atoms with Crippen LogP contribution in [-0.4, -0.2) is 54.4 Å². The topological polar surface area (TPSA) is 91.8 Å². The van der Waals surface area contributed by atoms with Crippen molar-refractivity contribution in [3.63, 3.8) is 0 Å². The summed E-state index contributed by atoms with van der Waals surface area (Å²) in [4.78, 5) is 24.9. The number of nitrogens with zero attached hydrogens (tertiary/aromatic N) is 1. The molecule has 0 aliphatic carbocycles. The van der Waals surface area contributed by atoms with Gasteiger partial charge in [-0.2, -0.15) is 0 Å². The molecule has 0 saturated carbocycles. The van der Waals surface area contributed by atoms with E-state index in [0.717, 1.165) is 19.3 Å². The summed E-state index contributed by atoms with van der Waals surface area (Å²) in [7, 11) is -3.06. The van der Waals surface area contributed by atoms with Crippen LogP contribution in [-0.2, 0) is 19.4 Å². The molecule has 0 unspecified atom stereocenters. The molecule has 20 heavy (non-hydrogen) atoms. The van der Waals surface area contributed by atoms with Gasteiger partial charge in [0.05, 0.1) is 17.4 Å². The molecule has 2 rings (SSSR count). The lowest BCUT2D eigenvalue weighted by Crippen LogP contribution is -2.46. The molecule has 0 bridgehead atoms. The van der Waals surface area contributed by atoms with Crippen molar-refractivity contribution < 1.29 is 23.1 Å². The number of amides is 1. The first kappa shape index (κ1) is 15.3. The van der Waals surface area contributed by atoms with Gasteiger partial charge in [-0.25, -0.2) is 8.42 Å². The quantitative estimate of drug-likeness (QED) is 0.824. The average Bonchev–Trinajstić information content (AvgIpc) is 2.76. The Labute approximate surface area is 119 Å². The van der Waals surface area contributed by atoms with Crippen LogP contribution < -0.4 is 0 Å². The molecule has 0 radical (unpaired) electrons. The van der Waals surface area contributed by atoms with E-state index in [-0.39, 0.29) is 29.9 Å². The van der Waals surface area contributed by atoms with E-state index in [9.17, 15) is 18.0 Å². The van der Waals surface area contributed by atoms with Crippen molar-refractivity contribution in [2.45, 2.75) is 44.6 Å². The molecule has 114 valence electrons. The highest BCUT2D eigenvalue weighted by molar-refractivity contribution is 7.91. The Morgan fingerprint density at radius 3 is 2.55 bits per heavy atom. The molecule has 0 spiro atoms. The van der Waals surface area contributed by atoms with E-state index in [1.165, 1.54) is 0 Å². The minimum atomic E-state index is -3.06. The maximum atomic E-state index is 12.5. The Morgan fingerprint density at radius 1 is 1.20 bits per heavy atom. The van der Waals surface area contributed by atoms with Gasteiger partial charge in [0, 0.05) is 19.0 Å². The first-order valence-electron chi connectivity index (χ1n) is 7.12. The van der Waals surface area contributed by atoms with Crippen molar-refractivity contribution in [1.29, 1.82) is 0 Å². The second kappa shape index (κ2) is 6.11. The number of carboxylic acids is 1. The summed E-state index contributed by atoms with van der Waals surface area (Å²) in [5.74, 6) is -1.33. The highest BCUT2D eigenvalue weighted by atomic mass is 32.2. The summed E-state index contributed by atoms with van der Waals surface area (Å²) in [6.45, 7) is 0.625. The zero-order valence-corrected chi connectivity index (χ0v) is 12.3. The molecule has 0 aromatic carbocycles. The second-order valence-electron chi connectivity index (χ2n) is 5.71. The summed E-state index contributed by atoms with van der Waals surface area (Å²) in [6, 6.07) is -0.0457. The third kappa shape index (κ3) is 3.71. The summed E-state index contributed by atoms with van der Waals surface area (Å²) in [5.41, 5.74) is 0. The van der Waals surface area contributed by atoms with Crippen molar-refractivity contribution in [3.8, 4) is 0 Å². The van der Waals surface area contributed by atoms with Crippen LogP contribution in [0.5, 0.6) is 0 Å². The minimum Gasteiger partial charge on any atom is -0.481 e. The predicted molar refractivity (Wildman–Crippen MR) is 73.0 cm³/mol. The zero-order valence-electron chi connectivity index (χ0n) is 11.5. The van der Waals surface area contributed by atoms with Crippen LogP contribution in [0.1, 0.15) is 38.5 Å². The number of rotatable bonds is 4. The fraction of sp³-hybridized carbons (Fsp3) is 0.846. The predicted octanol–water partition coefficient (Wildman–Crippen LogP) is 0.667. The molecule has 2 fully saturated rings. The SMILES string of the molecule is O=C(O)CC[C@H]1CCCCN1C(=O)[C@@H]1CCS(=O)(=O)C1. The maximum absolute atomic E-state index is 12.5. The van der Waals surface area contributed by atoms with Gasteiger partial charge in [-0.05, 0) is 32.1 Å². The molecule has 0 aromatic heterocycles. The molecule has 6 nitrogen and oxygen atoms in total. The number of aliphatic carboxylic acids is 1. The fourth-order valence-corrected chi connectivity index (χ4v) is 4.84. The van der Waals surface area contributed by atoms with Crippen LogP contribution >= 0.6 is 0 Å². The molecule has 2 aliphatic heterocycles. The van der Waals surface area contributed by atoms with Gasteiger partial charge >= 0.3 is 5.97 Å². The molecule has 2 atom stereocenters. The Bertz CT molecular complexity index is 487. The van der Waals surface area contributed by atoms with Gasteiger partial charge < -0.3 is 10.0 Å². The van der Waals surface area contributed by atoms with Gasteiger partial charge in [0.1, 0.15) is 0 Å². The molecule has 0 aromatic rings. The first-order valence-corrected chi connectivity index (χ1v) is 8.94. The van der Waals surface area contributed by atoms with E-state index in [2.05, 4.69) is 0 Å². The van der Waals surface area contributed by atoms with Crippen LogP contribution in [0, 0.1) is 5.92 Å². The smallest absolute Gasteiger partial charge is 0.303 e. The van der Waals surface area contributed by atoms with Crippen LogP contribution in [0.2, 0.25) is 0 Å². The van der Waals surface area contributed by atoms with Gasteiger partial charge in [0.2, 0.25) is 5.91 Å². The van der Waals surface area contributed by atoms with E-state index in [0.29, 0.717) is 19.4 Å². The van der Waals surface area contributed by atoms with Crippen molar-refractivity contribution in [2.24, 2.45) is 5.92 Å². The van der Waals surface area contributed by atoms with Crippen molar-refractivity contribution in [3.05, 3.63) is 0 Å². The summed E-state index contributed by atoms with van der Waals surface area (Å²) in [6.07, 6.45) is 3.64. The molecule has 2 aliphatic rings. The zero-order chi connectivity index (χ0) is 14.8. The Hall–Kier alpha value is -1.11. The fourth-order valence-electron chi connectivity index (χ4n) is 3.11. The van der Waals surface area contributed by atoms with Gasteiger partial charge in [0.15, 0.2) is 9.84 Å². The van der Waals surface area contributed by atoms with Crippen LogP contribution in [0.4, 0.5) is 0 Å². The Morgan fingerprint density at radius 2 is 1.95 bits per heavy atom. The van der Waals surface area contributed by atoms with E-state index in [1.54, 1.807) is 4.90 Å². The normalized spacial score (nSPS) is 29.3. The number of piperidine rings is 1. The van der Waals surface area contributed by atoms with E-state index in [4.69, 9.17) is 5.11 Å². The highest BCUT2D eigenvalue weighted by Crippen LogP contribution is 2.27. The number of sulfone groups is 1. The number of hydrogen-bond acceptors (Lipinski definition) is 4. The Kier molecular flexibility index (Phi) is 4.67. The van der Waals surface area contributed by atoms with Crippen LogP contribution in [0.25, 0.3) is 0 Å². The minimum absolute atomic E-state index is 0.0457. The molecule has 1 amide bonds. The largest absolute Gasteiger partial charge is 0.481 e. The van der Waals surface area contributed by atoms with Crippen molar-refractivity contribution in [2.75, 3.05) is 18.1 Å². The van der Waals surface area contributed by atoms with Gasteiger partial charge in [-0.3, -0.25) is 9.59 Å². The molecule has 2 saturated heterocycles. The second-order valence-corrected chi connectivity index (χ2v) is 7.94. The standard InChI is InChI=1S/C13H21NO5S/c15-12(16)5-4-11-3-1-2-7-14(11)13(17)10-6-8-20(18,19)9-10/h10-11H,1-9H2,(H,15,16)/t10-,11-/m1/s1. The van der Waals surface area contributed by atoms with Crippen molar-refractivity contribution in [1.82, 2.24) is 4.90 Å². The van der Waals surface area contributed by atoms with Crippen LogP contribution in [0.3, 0.4) is 0 Å².